The quantitative estimate of drug-likeness (QED) is 0.719. The Morgan fingerprint density at radius 1 is 1.35 bits per heavy atom. The first-order valence-corrected chi connectivity index (χ1v) is 8.01. The molecule has 1 aromatic carbocycles. The van der Waals surface area contributed by atoms with Crippen LogP contribution in [0, 0.1) is 12.7 Å². The summed E-state index contributed by atoms with van der Waals surface area (Å²) in [5, 5.41) is 3.14. The minimum absolute atomic E-state index is 0.385. The molecule has 0 saturated carbocycles. The van der Waals surface area contributed by atoms with E-state index in [1.165, 1.54) is 29.6 Å². The Bertz CT molecular complexity index is 534. The van der Waals surface area contributed by atoms with Crippen molar-refractivity contribution in [1.82, 2.24) is 9.62 Å². The Hall–Kier alpha value is -1.18. The van der Waals surface area contributed by atoms with Crippen molar-refractivity contribution in [2.45, 2.75) is 20.3 Å². The standard InChI is InChI=1S/C13H22FN3O2S/c1-4-15-8-5-9-17(3)20(18,19)16-13-7-6-12(14)10-11(13)2/h6-7,10,15-16H,4-5,8-9H2,1-3H3. The number of nitrogens with zero attached hydrogens (tertiary/aromatic N) is 1. The van der Waals surface area contributed by atoms with Crippen molar-refractivity contribution in [2.75, 3.05) is 31.4 Å². The predicted molar refractivity (Wildman–Crippen MR) is 79.5 cm³/mol. The molecule has 7 heteroatoms. The van der Waals surface area contributed by atoms with Crippen LogP contribution in [0.1, 0.15) is 18.9 Å². The number of aryl methyl sites for hydroxylation is 1. The van der Waals surface area contributed by atoms with Crippen LogP contribution in [-0.4, -0.2) is 39.4 Å². The summed E-state index contributed by atoms with van der Waals surface area (Å²) in [6.45, 7) is 5.71. The highest BCUT2D eigenvalue weighted by Gasteiger charge is 2.17. The summed E-state index contributed by atoms with van der Waals surface area (Å²) in [5.74, 6) is -0.385. The molecule has 0 aliphatic rings. The van der Waals surface area contributed by atoms with Gasteiger partial charge in [-0.1, -0.05) is 6.92 Å². The van der Waals surface area contributed by atoms with E-state index in [9.17, 15) is 12.8 Å². The van der Waals surface area contributed by atoms with E-state index >= 15 is 0 Å². The van der Waals surface area contributed by atoms with Gasteiger partial charge in [-0.25, -0.2) is 4.39 Å². The highest BCUT2D eigenvalue weighted by atomic mass is 32.2. The van der Waals surface area contributed by atoms with Crippen molar-refractivity contribution < 1.29 is 12.8 Å². The number of nitrogens with one attached hydrogen (secondary N) is 2. The Morgan fingerprint density at radius 2 is 2.05 bits per heavy atom. The van der Waals surface area contributed by atoms with Crippen molar-refractivity contribution in [3.8, 4) is 0 Å². The van der Waals surface area contributed by atoms with Crippen molar-refractivity contribution in [1.29, 1.82) is 0 Å². The highest BCUT2D eigenvalue weighted by molar-refractivity contribution is 7.90. The lowest BCUT2D eigenvalue weighted by Crippen LogP contribution is -2.34. The van der Waals surface area contributed by atoms with Crippen LogP contribution in [0.5, 0.6) is 0 Å². The van der Waals surface area contributed by atoms with E-state index in [1.807, 2.05) is 6.92 Å². The van der Waals surface area contributed by atoms with Crippen LogP contribution in [0.2, 0.25) is 0 Å². The number of hydrogen-bond acceptors (Lipinski definition) is 3. The molecule has 20 heavy (non-hydrogen) atoms. The maximum atomic E-state index is 13.0. The summed E-state index contributed by atoms with van der Waals surface area (Å²) in [5.41, 5.74) is 0.944. The molecular formula is C13H22FN3O2S. The summed E-state index contributed by atoms with van der Waals surface area (Å²) in [7, 11) is -2.08. The Balaban J connectivity index is 2.64. The van der Waals surface area contributed by atoms with E-state index in [2.05, 4.69) is 10.0 Å². The summed E-state index contributed by atoms with van der Waals surface area (Å²) >= 11 is 0. The first-order valence-electron chi connectivity index (χ1n) is 6.57. The smallest absolute Gasteiger partial charge is 0.301 e. The summed E-state index contributed by atoms with van der Waals surface area (Å²) in [6.07, 6.45) is 0.730. The zero-order valence-corrected chi connectivity index (χ0v) is 12.9. The fourth-order valence-corrected chi connectivity index (χ4v) is 2.71. The van der Waals surface area contributed by atoms with E-state index in [0.29, 0.717) is 17.8 Å². The molecule has 1 aromatic rings. The molecule has 0 fully saturated rings. The van der Waals surface area contributed by atoms with Crippen molar-refractivity contribution in [3.05, 3.63) is 29.6 Å². The van der Waals surface area contributed by atoms with Gasteiger partial charge in [0.05, 0.1) is 5.69 Å². The number of anilines is 1. The van der Waals surface area contributed by atoms with Gasteiger partial charge in [-0.2, -0.15) is 12.7 Å². The van der Waals surface area contributed by atoms with Crippen molar-refractivity contribution >= 4 is 15.9 Å². The first-order chi connectivity index (χ1) is 9.36. The van der Waals surface area contributed by atoms with Crippen molar-refractivity contribution in [2.24, 2.45) is 0 Å². The molecule has 0 heterocycles. The van der Waals surface area contributed by atoms with Gasteiger partial charge in [0.1, 0.15) is 5.82 Å². The minimum atomic E-state index is -3.60. The van der Waals surface area contributed by atoms with E-state index < -0.39 is 10.2 Å². The van der Waals surface area contributed by atoms with Crippen LogP contribution in [0.3, 0.4) is 0 Å². The molecule has 2 N–H and O–H groups in total. The largest absolute Gasteiger partial charge is 0.317 e. The number of rotatable bonds is 8. The minimum Gasteiger partial charge on any atom is -0.317 e. The molecular weight excluding hydrogens is 281 g/mol. The average molecular weight is 303 g/mol. The van der Waals surface area contributed by atoms with Gasteiger partial charge in [-0.3, -0.25) is 4.72 Å². The average Bonchev–Trinajstić information content (AvgIpc) is 2.37. The van der Waals surface area contributed by atoms with Crippen LogP contribution >= 0.6 is 0 Å². The number of hydrogen-bond donors (Lipinski definition) is 2. The third-order valence-corrected chi connectivity index (χ3v) is 4.40. The third-order valence-electron chi connectivity index (χ3n) is 2.91. The van der Waals surface area contributed by atoms with E-state index in [-0.39, 0.29) is 5.82 Å². The SMILES string of the molecule is CCNCCCN(C)S(=O)(=O)Nc1ccc(F)cc1C. The fraction of sp³-hybridized carbons (Fsp3) is 0.538. The normalized spacial score (nSPS) is 11.8. The molecule has 0 atom stereocenters. The zero-order chi connectivity index (χ0) is 15.2. The molecule has 0 aromatic heterocycles. The second-order valence-corrected chi connectivity index (χ2v) is 6.37. The Morgan fingerprint density at radius 3 is 2.65 bits per heavy atom. The topological polar surface area (TPSA) is 61.4 Å². The Labute approximate surface area is 120 Å². The van der Waals surface area contributed by atoms with E-state index in [0.717, 1.165) is 19.5 Å². The van der Waals surface area contributed by atoms with E-state index in [1.54, 1.807) is 6.92 Å². The van der Waals surface area contributed by atoms with Gasteiger partial charge in [0.2, 0.25) is 0 Å². The molecule has 0 unspecified atom stereocenters. The molecule has 1 rings (SSSR count). The van der Waals surface area contributed by atoms with Gasteiger partial charge in [-0.15, -0.1) is 0 Å². The molecule has 0 spiro atoms. The van der Waals surface area contributed by atoms with Crippen LogP contribution in [0.15, 0.2) is 18.2 Å². The van der Waals surface area contributed by atoms with Crippen LogP contribution in [-0.2, 0) is 10.2 Å². The molecule has 0 amide bonds. The maximum Gasteiger partial charge on any atom is 0.301 e. The first kappa shape index (κ1) is 16.9. The van der Waals surface area contributed by atoms with Gasteiger partial charge < -0.3 is 5.32 Å². The third kappa shape index (κ3) is 5.07. The van der Waals surface area contributed by atoms with Gasteiger partial charge >= 0.3 is 10.2 Å². The Kier molecular flexibility index (Phi) is 6.38. The van der Waals surface area contributed by atoms with Gasteiger partial charge in [0.25, 0.3) is 0 Å². The lowest BCUT2D eigenvalue weighted by Gasteiger charge is -2.19. The van der Waals surface area contributed by atoms with Crippen molar-refractivity contribution in [3.63, 3.8) is 0 Å². The van der Waals surface area contributed by atoms with Crippen LogP contribution < -0.4 is 10.0 Å². The summed E-state index contributed by atoms with van der Waals surface area (Å²) in [6, 6.07) is 3.95. The second-order valence-electron chi connectivity index (χ2n) is 4.59. The van der Waals surface area contributed by atoms with Crippen LogP contribution in [0.25, 0.3) is 0 Å². The summed E-state index contributed by atoms with van der Waals surface area (Å²) in [4.78, 5) is 0. The molecule has 0 aliphatic heterocycles. The molecule has 0 aliphatic carbocycles. The lowest BCUT2D eigenvalue weighted by molar-refractivity contribution is 0.459. The molecule has 114 valence electrons. The predicted octanol–water partition coefficient (Wildman–Crippen LogP) is 1.72. The van der Waals surface area contributed by atoms with Gasteiger partial charge in [0.15, 0.2) is 0 Å². The molecule has 0 bridgehead atoms. The summed E-state index contributed by atoms with van der Waals surface area (Å²) < 4.78 is 40.9. The molecule has 0 radical (unpaired) electrons. The fourth-order valence-electron chi connectivity index (χ4n) is 1.68. The number of halogens is 1. The second kappa shape index (κ2) is 7.56. The number of benzene rings is 1. The lowest BCUT2D eigenvalue weighted by atomic mass is 10.2. The monoisotopic (exact) mass is 303 g/mol. The molecule has 5 nitrogen and oxygen atoms in total. The van der Waals surface area contributed by atoms with Gasteiger partial charge in [-0.05, 0) is 50.2 Å². The molecule has 0 saturated heterocycles. The highest BCUT2D eigenvalue weighted by Crippen LogP contribution is 2.17. The zero-order valence-electron chi connectivity index (χ0n) is 12.1. The van der Waals surface area contributed by atoms with E-state index in [4.69, 9.17) is 0 Å². The van der Waals surface area contributed by atoms with Crippen LogP contribution in [0.4, 0.5) is 10.1 Å². The maximum absolute atomic E-state index is 13.0. The van der Waals surface area contributed by atoms with Gasteiger partial charge in [0, 0.05) is 13.6 Å².